The number of carbonyl (C=O) groups excluding carboxylic acids is 2. The second kappa shape index (κ2) is 8.20. The first-order chi connectivity index (χ1) is 15.9. The van der Waals surface area contributed by atoms with E-state index in [-0.39, 0.29) is 5.56 Å². The van der Waals surface area contributed by atoms with E-state index >= 15 is 0 Å². The van der Waals surface area contributed by atoms with Gasteiger partial charge in [0.05, 0.1) is 17.6 Å². The van der Waals surface area contributed by atoms with Gasteiger partial charge in [-0.05, 0) is 32.8 Å². The number of aromatic nitrogens is 2. The molecule has 3 aromatic rings. The molecule has 2 aliphatic rings. The fraction of sp³-hybridized carbons (Fsp3) is 0.280. The molecule has 0 bridgehead atoms. The van der Waals surface area contributed by atoms with Gasteiger partial charge in [0.15, 0.2) is 0 Å². The topological polar surface area (TPSA) is 97.6 Å². The normalized spacial score (nSPS) is 19.0. The predicted octanol–water partition coefficient (Wildman–Crippen LogP) is 3.38. The van der Waals surface area contributed by atoms with E-state index in [2.05, 4.69) is 20.7 Å². The Balaban J connectivity index is 1.50. The minimum absolute atomic E-state index is 0.288. The molecule has 2 N–H and O–H groups in total. The van der Waals surface area contributed by atoms with E-state index in [1.165, 1.54) is 6.20 Å². The highest BCUT2D eigenvalue weighted by Gasteiger charge is 2.32. The molecular weight excluding hydrogens is 418 g/mol. The van der Waals surface area contributed by atoms with Gasteiger partial charge in [-0.3, -0.25) is 9.59 Å². The maximum Gasteiger partial charge on any atom is 0.269 e. The molecule has 3 heterocycles. The van der Waals surface area contributed by atoms with Crippen LogP contribution in [0.15, 0.2) is 65.8 Å². The summed E-state index contributed by atoms with van der Waals surface area (Å²) in [5.41, 5.74) is 2.79. The number of fused-ring (bicyclic) bond motifs is 2. The van der Waals surface area contributed by atoms with Crippen LogP contribution in [-0.4, -0.2) is 39.1 Å². The van der Waals surface area contributed by atoms with E-state index in [0.29, 0.717) is 23.8 Å². The van der Waals surface area contributed by atoms with Gasteiger partial charge >= 0.3 is 0 Å². The SMILES string of the molecule is CC1(C)CCCn2ncc(C(=O)N[C@H]3N=C(c4ccccc4)c4ccccc4NC3=O)c2O1. The Hall–Kier alpha value is -3.94. The lowest BCUT2D eigenvalue weighted by Crippen LogP contribution is -2.42. The highest BCUT2D eigenvalue weighted by Crippen LogP contribution is 2.30. The van der Waals surface area contributed by atoms with Crippen molar-refractivity contribution in [1.82, 2.24) is 15.1 Å². The van der Waals surface area contributed by atoms with Crippen molar-refractivity contribution in [2.45, 2.75) is 45.0 Å². The lowest BCUT2D eigenvalue weighted by molar-refractivity contribution is -0.117. The lowest BCUT2D eigenvalue weighted by Gasteiger charge is -2.24. The van der Waals surface area contributed by atoms with Crippen molar-refractivity contribution < 1.29 is 14.3 Å². The van der Waals surface area contributed by atoms with E-state index < -0.39 is 23.6 Å². The molecule has 5 rings (SSSR count). The summed E-state index contributed by atoms with van der Waals surface area (Å²) in [5.74, 6) is -0.461. The van der Waals surface area contributed by atoms with Crippen LogP contribution in [0.25, 0.3) is 0 Å². The van der Waals surface area contributed by atoms with Gasteiger partial charge in [0.25, 0.3) is 11.8 Å². The molecule has 0 aliphatic carbocycles. The summed E-state index contributed by atoms with van der Waals surface area (Å²) in [6.45, 7) is 4.65. The van der Waals surface area contributed by atoms with E-state index in [9.17, 15) is 9.59 Å². The minimum atomic E-state index is -1.12. The molecule has 0 radical (unpaired) electrons. The third-order valence-corrected chi connectivity index (χ3v) is 5.82. The molecule has 0 unspecified atom stereocenters. The zero-order valence-corrected chi connectivity index (χ0v) is 18.5. The molecule has 8 nitrogen and oxygen atoms in total. The quantitative estimate of drug-likeness (QED) is 0.648. The summed E-state index contributed by atoms with van der Waals surface area (Å²) >= 11 is 0. The van der Waals surface area contributed by atoms with Crippen LogP contribution in [0.1, 0.15) is 48.2 Å². The number of para-hydroxylation sites is 1. The number of hydrogen-bond acceptors (Lipinski definition) is 5. The number of aliphatic imine (C=N–C) groups is 1. The molecule has 1 atom stereocenters. The zero-order valence-electron chi connectivity index (χ0n) is 18.5. The van der Waals surface area contributed by atoms with Gasteiger partial charge in [0.1, 0.15) is 11.2 Å². The number of rotatable bonds is 3. The Morgan fingerprint density at radius 3 is 2.73 bits per heavy atom. The Morgan fingerprint density at radius 1 is 1.15 bits per heavy atom. The Morgan fingerprint density at radius 2 is 1.91 bits per heavy atom. The molecule has 33 heavy (non-hydrogen) atoms. The van der Waals surface area contributed by atoms with Gasteiger partial charge in [-0.1, -0.05) is 48.5 Å². The van der Waals surface area contributed by atoms with Crippen LogP contribution in [-0.2, 0) is 11.3 Å². The van der Waals surface area contributed by atoms with Crippen molar-refractivity contribution in [2.24, 2.45) is 4.99 Å². The summed E-state index contributed by atoms with van der Waals surface area (Å²) in [6, 6.07) is 17.1. The van der Waals surface area contributed by atoms with Crippen molar-refractivity contribution in [3.63, 3.8) is 0 Å². The standard InChI is InChI=1S/C25H25N5O3/c1-25(2)13-8-14-30-24(33-25)18(15-26-30)22(31)29-21-23(32)27-19-12-7-6-11-17(19)20(28-21)16-9-4-3-5-10-16/h3-7,9-12,15,21H,8,13-14H2,1-2H3,(H,27,32)(H,29,31)/t21-/m1/s1. The molecule has 2 amide bonds. The smallest absolute Gasteiger partial charge is 0.269 e. The molecule has 0 fully saturated rings. The Labute approximate surface area is 191 Å². The monoisotopic (exact) mass is 443 g/mol. The Kier molecular flexibility index (Phi) is 5.20. The minimum Gasteiger partial charge on any atom is -0.471 e. The number of benzene rings is 2. The van der Waals surface area contributed by atoms with E-state index in [0.717, 1.165) is 24.0 Å². The molecular formula is C25H25N5O3. The second-order valence-corrected chi connectivity index (χ2v) is 8.81. The summed E-state index contributed by atoms with van der Waals surface area (Å²) in [6.07, 6.45) is 2.12. The van der Waals surface area contributed by atoms with Crippen LogP contribution >= 0.6 is 0 Å². The largest absolute Gasteiger partial charge is 0.471 e. The van der Waals surface area contributed by atoms with Gasteiger partial charge in [0.2, 0.25) is 12.0 Å². The maximum absolute atomic E-state index is 13.2. The van der Waals surface area contributed by atoms with Crippen LogP contribution in [0.2, 0.25) is 0 Å². The molecule has 0 saturated carbocycles. The van der Waals surface area contributed by atoms with Crippen molar-refractivity contribution in [1.29, 1.82) is 0 Å². The third kappa shape index (κ3) is 4.11. The van der Waals surface area contributed by atoms with Crippen molar-refractivity contribution >= 4 is 23.2 Å². The molecule has 2 aliphatic heterocycles. The average Bonchev–Trinajstić information content (AvgIpc) is 3.03. The van der Waals surface area contributed by atoms with Crippen LogP contribution in [0.4, 0.5) is 5.69 Å². The number of nitrogens with zero attached hydrogens (tertiary/aromatic N) is 3. The molecule has 2 aromatic carbocycles. The van der Waals surface area contributed by atoms with Crippen molar-refractivity contribution in [3.8, 4) is 5.88 Å². The molecule has 8 heteroatoms. The number of aryl methyl sites for hydroxylation is 1. The summed E-state index contributed by atoms with van der Waals surface area (Å²) in [5, 5.41) is 9.98. The maximum atomic E-state index is 13.2. The van der Waals surface area contributed by atoms with Gasteiger partial charge in [-0.15, -0.1) is 0 Å². The van der Waals surface area contributed by atoms with Crippen LogP contribution < -0.4 is 15.4 Å². The number of benzodiazepines with no additional fused rings is 1. The first-order valence-corrected chi connectivity index (χ1v) is 11.0. The van der Waals surface area contributed by atoms with E-state index in [4.69, 9.17) is 4.74 Å². The fourth-order valence-electron chi connectivity index (χ4n) is 4.15. The van der Waals surface area contributed by atoms with Gasteiger partial charge in [-0.25, -0.2) is 9.67 Å². The number of hydrogen-bond donors (Lipinski definition) is 2. The first-order valence-electron chi connectivity index (χ1n) is 11.0. The number of ether oxygens (including phenoxy) is 1. The van der Waals surface area contributed by atoms with Crippen molar-refractivity contribution in [2.75, 3.05) is 5.32 Å². The van der Waals surface area contributed by atoms with Crippen LogP contribution in [0.3, 0.4) is 0 Å². The van der Waals surface area contributed by atoms with Gasteiger partial charge < -0.3 is 15.4 Å². The van der Waals surface area contributed by atoms with Gasteiger partial charge in [0, 0.05) is 17.7 Å². The first kappa shape index (κ1) is 20.9. The molecule has 1 aromatic heterocycles. The van der Waals surface area contributed by atoms with Crippen LogP contribution in [0, 0.1) is 0 Å². The second-order valence-electron chi connectivity index (χ2n) is 8.81. The highest BCUT2D eigenvalue weighted by atomic mass is 16.5. The van der Waals surface area contributed by atoms with E-state index in [1.807, 2.05) is 68.4 Å². The Bertz CT molecular complexity index is 1250. The zero-order chi connectivity index (χ0) is 23.0. The van der Waals surface area contributed by atoms with Crippen LogP contribution in [0.5, 0.6) is 5.88 Å². The van der Waals surface area contributed by atoms with E-state index in [1.54, 1.807) is 4.68 Å². The summed E-state index contributed by atoms with van der Waals surface area (Å²) in [7, 11) is 0. The molecule has 0 saturated heterocycles. The number of anilines is 1. The third-order valence-electron chi connectivity index (χ3n) is 5.82. The summed E-state index contributed by atoms with van der Waals surface area (Å²) < 4.78 is 7.82. The average molecular weight is 444 g/mol. The van der Waals surface area contributed by atoms with Gasteiger partial charge in [-0.2, -0.15) is 5.10 Å². The molecule has 168 valence electrons. The number of amides is 2. The number of nitrogens with one attached hydrogen (secondary N) is 2. The predicted molar refractivity (Wildman–Crippen MR) is 125 cm³/mol. The summed E-state index contributed by atoms with van der Waals surface area (Å²) in [4.78, 5) is 31.0. The highest BCUT2D eigenvalue weighted by molar-refractivity contribution is 6.20. The molecule has 0 spiro atoms. The lowest BCUT2D eigenvalue weighted by atomic mass is 10.0. The number of carbonyl (C=O) groups is 2. The fourth-order valence-corrected chi connectivity index (χ4v) is 4.15. The van der Waals surface area contributed by atoms with Crippen molar-refractivity contribution in [3.05, 3.63) is 77.5 Å².